The summed E-state index contributed by atoms with van der Waals surface area (Å²) in [7, 11) is -3.21. The van der Waals surface area contributed by atoms with Gasteiger partial charge in [0.25, 0.3) is 6.08 Å². The SMILES string of the molecule is O=C(C=C(F)F)CO[PH](=O)O. The van der Waals surface area contributed by atoms with Gasteiger partial charge in [0.2, 0.25) is 0 Å². The highest BCUT2D eigenvalue weighted by molar-refractivity contribution is 7.32. The molecule has 0 heterocycles. The molecule has 11 heavy (non-hydrogen) atoms. The average Bonchev–Trinajstić information content (AvgIpc) is 1.82. The Hall–Kier alpha value is -0.580. The highest BCUT2D eigenvalue weighted by Crippen LogP contribution is 2.13. The van der Waals surface area contributed by atoms with Crippen LogP contribution in [0.25, 0.3) is 0 Å². The maximum absolute atomic E-state index is 11.3. The molecule has 0 bridgehead atoms. The zero-order valence-electron chi connectivity index (χ0n) is 5.21. The van der Waals surface area contributed by atoms with Crippen LogP contribution in [0.5, 0.6) is 0 Å². The van der Waals surface area contributed by atoms with E-state index in [4.69, 9.17) is 4.89 Å². The van der Waals surface area contributed by atoms with Crippen LogP contribution in [0.3, 0.4) is 0 Å². The van der Waals surface area contributed by atoms with Gasteiger partial charge < -0.3 is 9.42 Å². The molecule has 0 fully saturated rings. The van der Waals surface area contributed by atoms with Crippen LogP contribution in [0.4, 0.5) is 8.78 Å². The van der Waals surface area contributed by atoms with E-state index >= 15 is 0 Å². The molecular formula is C4H5F2O4P. The third-order valence-electron chi connectivity index (χ3n) is 0.608. The minimum atomic E-state index is -3.21. The fourth-order valence-corrected chi connectivity index (χ4v) is 0.562. The lowest BCUT2D eigenvalue weighted by molar-refractivity contribution is -0.116. The van der Waals surface area contributed by atoms with Gasteiger partial charge in [-0.15, -0.1) is 0 Å². The Bertz CT molecular complexity index is 198. The second-order valence-electron chi connectivity index (χ2n) is 1.45. The molecule has 1 N–H and O–H groups in total. The van der Waals surface area contributed by atoms with Gasteiger partial charge in [-0.05, 0) is 0 Å². The van der Waals surface area contributed by atoms with Crippen LogP contribution in [0.15, 0.2) is 12.2 Å². The van der Waals surface area contributed by atoms with E-state index in [2.05, 4.69) is 4.52 Å². The van der Waals surface area contributed by atoms with Gasteiger partial charge >= 0.3 is 8.25 Å². The fourth-order valence-electron chi connectivity index (χ4n) is 0.296. The molecule has 4 nitrogen and oxygen atoms in total. The van der Waals surface area contributed by atoms with E-state index in [1.54, 1.807) is 0 Å². The van der Waals surface area contributed by atoms with Gasteiger partial charge in [0.15, 0.2) is 5.78 Å². The summed E-state index contributed by atoms with van der Waals surface area (Å²) in [6.45, 7) is -0.800. The van der Waals surface area contributed by atoms with Crippen molar-refractivity contribution in [1.29, 1.82) is 0 Å². The van der Waals surface area contributed by atoms with Gasteiger partial charge in [-0.1, -0.05) is 0 Å². The second kappa shape index (κ2) is 5.12. The molecule has 0 aromatic rings. The van der Waals surface area contributed by atoms with Crippen LogP contribution in [0.2, 0.25) is 0 Å². The normalized spacial score (nSPS) is 12.3. The van der Waals surface area contributed by atoms with Crippen molar-refractivity contribution in [1.82, 2.24) is 0 Å². The van der Waals surface area contributed by atoms with Crippen LogP contribution in [0, 0.1) is 0 Å². The molecule has 0 spiro atoms. The van der Waals surface area contributed by atoms with Crippen molar-refractivity contribution in [3.8, 4) is 0 Å². The summed E-state index contributed by atoms with van der Waals surface area (Å²) in [5, 5.41) is 0. The quantitative estimate of drug-likeness (QED) is 0.519. The molecule has 1 atom stereocenters. The first kappa shape index (κ1) is 10.4. The van der Waals surface area contributed by atoms with Gasteiger partial charge in [0, 0.05) is 6.08 Å². The number of hydrogen-bond acceptors (Lipinski definition) is 3. The summed E-state index contributed by atoms with van der Waals surface area (Å²) in [6, 6.07) is 0. The molecule has 0 saturated carbocycles. The maximum Gasteiger partial charge on any atom is 0.317 e. The largest absolute Gasteiger partial charge is 0.326 e. The zero-order chi connectivity index (χ0) is 8.85. The van der Waals surface area contributed by atoms with Crippen LogP contribution in [0.1, 0.15) is 0 Å². The van der Waals surface area contributed by atoms with Gasteiger partial charge in [-0.25, -0.2) is 0 Å². The summed E-state index contributed by atoms with van der Waals surface area (Å²) >= 11 is 0. The second-order valence-corrected chi connectivity index (χ2v) is 2.28. The predicted molar refractivity (Wildman–Crippen MR) is 32.5 cm³/mol. The molecule has 0 rings (SSSR count). The molecule has 0 amide bonds. The molecule has 0 radical (unpaired) electrons. The van der Waals surface area contributed by atoms with Gasteiger partial charge in [0.05, 0.1) is 0 Å². The summed E-state index contributed by atoms with van der Waals surface area (Å²) in [6.07, 6.45) is -2.12. The smallest absolute Gasteiger partial charge is 0.317 e. The first-order valence-corrected chi connectivity index (χ1v) is 3.70. The van der Waals surface area contributed by atoms with E-state index in [1.165, 1.54) is 0 Å². The van der Waals surface area contributed by atoms with Gasteiger partial charge in [-0.3, -0.25) is 9.36 Å². The number of rotatable bonds is 4. The standard InChI is InChI=1S/C4H5F2O4P/c5-4(6)1-3(7)2-10-11(8)9/h1,11H,2H2,(H,8,9). The zero-order valence-corrected chi connectivity index (χ0v) is 6.21. The Labute approximate surface area is 61.4 Å². The maximum atomic E-state index is 11.3. The van der Waals surface area contributed by atoms with E-state index in [-0.39, 0.29) is 6.08 Å². The predicted octanol–water partition coefficient (Wildman–Crippen LogP) is 0.734. The molecule has 0 aliphatic rings. The van der Waals surface area contributed by atoms with E-state index in [9.17, 15) is 18.1 Å². The molecule has 0 aromatic heterocycles. The Morgan fingerprint density at radius 3 is 2.55 bits per heavy atom. The minimum absolute atomic E-state index is 0.0325. The van der Waals surface area contributed by atoms with E-state index < -0.39 is 26.7 Å². The Morgan fingerprint density at radius 1 is 1.64 bits per heavy atom. The highest BCUT2D eigenvalue weighted by atomic mass is 31.1. The van der Waals surface area contributed by atoms with Crippen molar-refractivity contribution < 1.29 is 27.6 Å². The van der Waals surface area contributed by atoms with Crippen molar-refractivity contribution in [3.63, 3.8) is 0 Å². The molecule has 64 valence electrons. The van der Waals surface area contributed by atoms with E-state index in [0.29, 0.717) is 0 Å². The first-order chi connectivity index (χ1) is 5.02. The molecule has 0 saturated heterocycles. The van der Waals surface area contributed by atoms with E-state index in [1.807, 2.05) is 0 Å². The molecule has 0 aliphatic heterocycles. The third-order valence-corrected chi connectivity index (χ3v) is 0.999. The molecule has 0 aromatic carbocycles. The fraction of sp³-hybridized carbons (Fsp3) is 0.250. The van der Waals surface area contributed by atoms with E-state index in [0.717, 1.165) is 0 Å². The Morgan fingerprint density at radius 2 is 2.18 bits per heavy atom. The van der Waals surface area contributed by atoms with Crippen molar-refractivity contribution in [3.05, 3.63) is 12.2 Å². The van der Waals surface area contributed by atoms with Crippen LogP contribution >= 0.6 is 8.25 Å². The summed E-state index contributed by atoms with van der Waals surface area (Å²) in [5.74, 6) is -1.04. The van der Waals surface area contributed by atoms with Crippen LogP contribution in [-0.4, -0.2) is 17.3 Å². The molecule has 1 unspecified atom stereocenters. The Balaban J connectivity index is 3.71. The monoisotopic (exact) mass is 186 g/mol. The summed E-state index contributed by atoms with van der Waals surface area (Å²) in [4.78, 5) is 18.2. The Kier molecular flexibility index (Phi) is 4.85. The lowest BCUT2D eigenvalue weighted by Crippen LogP contribution is -2.01. The number of ketones is 1. The lowest BCUT2D eigenvalue weighted by Gasteiger charge is -1.92. The molecular weight excluding hydrogens is 181 g/mol. The number of halogens is 2. The van der Waals surface area contributed by atoms with Gasteiger partial charge in [0.1, 0.15) is 6.61 Å². The van der Waals surface area contributed by atoms with Crippen molar-refractivity contribution in [2.24, 2.45) is 0 Å². The molecule has 0 aliphatic carbocycles. The summed E-state index contributed by atoms with van der Waals surface area (Å²) < 4.78 is 36.2. The minimum Gasteiger partial charge on any atom is -0.326 e. The average molecular weight is 186 g/mol. The van der Waals surface area contributed by atoms with Crippen molar-refractivity contribution in [2.75, 3.05) is 6.61 Å². The third kappa shape index (κ3) is 7.32. The molecule has 7 heteroatoms. The highest BCUT2D eigenvalue weighted by Gasteiger charge is 2.02. The van der Waals surface area contributed by atoms with Crippen molar-refractivity contribution >= 4 is 14.0 Å². The summed E-state index contributed by atoms with van der Waals surface area (Å²) in [5.41, 5.74) is 0. The first-order valence-electron chi connectivity index (χ1n) is 2.43. The van der Waals surface area contributed by atoms with Crippen LogP contribution < -0.4 is 0 Å². The topological polar surface area (TPSA) is 63.6 Å². The lowest BCUT2D eigenvalue weighted by atomic mass is 10.4. The van der Waals surface area contributed by atoms with Gasteiger partial charge in [-0.2, -0.15) is 8.78 Å². The number of carbonyl (C=O) groups is 1. The number of hydrogen-bond donors (Lipinski definition) is 1. The number of carbonyl (C=O) groups excluding carboxylic acids is 1. The van der Waals surface area contributed by atoms with Crippen molar-refractivity contribution in [2.45, 2.75) is 0 Å². The van der Waals surface area contributed by atoms with Crippen LogP contribution in [-0.2, 0) is 13.9 Å².